The SMILES string of the molecule is C=C(CCC1CCCCC1)NC(C)CC.COc1ccc(CC(=O)N=C(N)N)cc1OC. The highest BCUT2D eigenvalue weighted by atomic mass is 16.5. The lowest BCUT2D eigenvalue weighted by atomic mass is 9.86. The maximum atomic E-state index is 11.4. The van der Waals surface area contributed by atoms with Crippen LogP contribution in [0.15, 0.2) is 35.5 Å². The minimum atomic E-state index is -0.405. The number of carbonyl (C=O) groups excluding carboxylic acids is 1. The summed E-state index contributed by atoms with van der Waals surface area (Å²) in [5.74, 6) is 1.50. The molecule has 1 aliphatic carbocycles. The second-order valence-corrected chi connectivity index (χ2v) is 8.40. The van der Waals surface area contributed by atoms with E-state index in [1.807, 2.05) is 0 Å². The maximum Gasteiger partial charge on any atom is 0.253 e. The molecule has 0 heterocycles. The first-order chi connectivity index (χ1) is 15.3. The standard InChI is InChI=1S/C14H27N.C11H15N3O3/c1-4-12(2)15-13(3)10-11-14-8-6-5-7-9-14;1-16-8-4-3-7(5-9(8)17-2)6-10(15)14-11(12)13/h12,14-15H,3-11H2,1-2H3;3-5H,6H2,1-2H3,(H4,12,13,14,15). The molecular formula is C25H42N4O3. The van der Waals surface area contributed by atoms with Crippen LogP contribution in [0.25, 0.3) is 0 Å². The quantitative estimate of drug-likeness (QED) is 0.365. The highest BCUT2D eigenvalue weighted by Crippen LogP contribution is 2.28. The third kappa shape index (κ3) is 11.1. The third-order valence-corrected chi connectivity index (χ3v) is 5.70. The zero-order chi connectivity index (χ0) is 23.9. The number of ether oxygens (including phenoxy) is 2. The molecule has 1 saturated carbocycles. The van der Waals surface area contributed by atoms with E-state index in [1.54, 1.807) is 25.3 Å². The molecule has 1 atom stereocenters. The van der Waals surface area contributed by atoms with E-state index in [1.165, 1.54) is 64.2 Å². The smallest absolute Gasteiger partial charge is 0.253 e. The molecule has 0 spiro atoms. The van der Waals surface area contributed by atoms with E-state index in [9.17, 15) is 4.79 Å². The molecule has 0 aromatic heterocycles. The number of carbonyl (C=O) groups is 1. The average molecular weight is 447 g/mol. The number of rotatable bonds is 10. The van der Waals surface area contributed by atoms with Gasteiger partial charge in [0.15, 0.2) is 17.5 Å². The first-order valence-electron chi connectivity index (χ1n) is 11.6. The highest BCUT2D eigenvalue weighted by molar-refractivity contribution is 5.92. The zero-order valence-corrected chi connectivity index (χ0v) is 20.3. The molecule has 1 fully saturated rings. The van der Waals surface area contributed by atoms with E-state index in [-0.39, 0.29) is 12.4 Å². The molecule has 32 heavy (non-hydrogen) atoms. The lowest BCUT2D eigenvalue weighted by Crippen LogP contribution is -2.24. The Bertz CT molecular complexity index is 739. The van der Waals surface area contributed by atoms with Gasteiger partial charge < -0.3 is 26.3 Å². The summed E-state index contributed by atoms with van der Waals surface area (Å²) in [6.07, 6.45) is 11.1. The topological polar surface area (TPSA) is 112 Å². The Balaban J connectivity index is 0.000000323. The van der Waals surface area contributed by atoms with Crippen molar-refractivity contribution >= 4 is 11.9 Å². The van der Waals surface area contributed by atoms with Crippen LogP contribution in [-0.4, -0.2) is 32.1 Å². The summed E-state index contributed by atoms with van der Waals surface area (Å²) in [5.41, 5.74) is 12.2. The molecule has 1 aromatic carbocycles. The summed E-state index contributed by atoms with van der Waals surface area (Å²) < 4.78 is 10.2. The largest absolute Gasteiger partial charge is 0.493 e. The summed E-state index contributed by atoms with van der Waals surface area (Å²) >= 11 is 0. The van der Waals surface area contributed by atoms with Gasteiger partial charge in [0.05, 0.1) is 20.6 Å². The lowest BCUT2D eigenvalue weighted by molar-refractivity contribution is -0.117. The molecule has 1 aromatic rings. The first-order valence-corrected chi connectivity index (χ1v) is 11.6. The van der Waals surface area contributed by atoms with Crippen LogP contribution in [0.2, 0.25) is 0 Å². The van der Waals surface area contributed by atoms with Gasteiger partial charge in [0, 0.05) is 11.7 Å². The second kappa shape index (κ2) is 15.2. The summed E-state index contributed by atoms with van der Waals surface area (Å²) in [4.78, 5) is 14.8. The molecule has 7 heteroatoms. The molecule has 2 rings (SSSR count). The van der Waals surface area contributed by atoms with Crippen LogP contribution in [0, 0.1) is 5.92 Å². The maximum absolute atomic E-state index is 11.4. The Morgan fingerprint density at radius 2 is 1.84 bits per heavy atom. The zero-order valence-electron chi connectivity index (χ0n) is 20.3. The Hall–Kier alpha value is -2.70. The van der Waals surface area contributed by atoms with E-state index in [0.29, 0.717) is 17.5 Å². The second-order valence-electron chi connectivity index (χ2n) is 8.40. The van der Waals surface area contributed by atoms with Crippen LogP contribution < -0.4 is 26.3 Å². The highest BCUT2D eigenvalue weighted by Gasteiger charge is 2.13. The molecule has 5 N–H and O–H groups in total. The number of nitrogens with one attached hydrogen (secondary N) is 1. The van der Waals surface area contributed by atoms with Gasteiger partial charge in [-0.25, -0.2) is 0 Å². The minimum Gasteiger partial charge on any atom is -0.493 e. The van der Waals surface area contributed by atoms with Crippen molar-refractivity contribution in [3.05, 3.63) is 36.0 Å². The molecule has 180 valence electrons. The molecule has 0 aliphatic heterocycles. The van der Waals surface area contributed by atoms with Gasteiger partial charge in [0.2, 0.25) is 0 Å². The van der Waals surface area contributed by atoms with E-state index < -0.39 is 5.91 Å². The number of hydrogen-bond acceptors (Lipinski definition) is 4. The van der Waals surface area contributed by atoms with Gasteiger partial charge in [-0.2, -0.15) is 4.99 Å². The number of hydrogen-bond donors (Lipinski definition) is 3. The Morgan fingerprint density at radius 1 is 1.19 bits per heavy atom. The van der Waals surface area contributed by atoms with E-state index in [4.69, 9.17) is 20.9 Å². The van der Waals surface area contributed by atoms with Gasteiger partial charge in [-0.15, -0.1) is 0 Å². The van der Waals surface area contributed by atoms with Crippen LogP contribution in [0.1, 0.15) is 70.8 Å². The number of nitrogens with two attached hydrogens (primary N) is 2. The van der Waals surface area contributed by atoms with Gasteiger partial charge in [-0.1, -0.05) is 51.7 Å². The monoisotopic (exact) mass is 446 g/mol. The predicted octanol–water partition coefficient (Wildman–Crippen LogP) is 4.30. The van der Waals surface area contributed by atoms with Crippen molar-refractivity contribution < 1.29 is 14.3 Å². The fourth-order valence-electron chi connectivity index (χ4n) is 3.73. The van der Waals surface area contributed by atoms with Crippen LogP contribution in [0.5, 0.6) is 11.5 Å². The normalized spacial score (nSPS) is 14.4. The lowest BCUT2D eigenvalue weighted by Gasteiger charge is -2.22. The van der Waals surface area contributed by atoms with Crippen molar-refractivity contribution in [3.63, 3.8) is 0 Å². The van der Waals surface area contributed by atoms with Gasteiger partial charge in [0.1, 0.15) is 0 Å². The predicted molar refractivity (Wildman–Crippen MR) is 132 cm³/mol. The van der Waals surface area contributed by atoms with E-state index in [0.717, 1.165) is 11.5 Å². The molecule has 0 radical (unpaired) electrons. The minimum absolute atomic E-state index is 0.109. The van der Waals surface area contributed by atoms with Crippen molar-refractivity contribution in [2.45, 2.75) is 77.7 Å². The van der Waals surface area contributed by atoms with Crippen molar-refractivity contribution in [1.29, 1.82) is 0 Å². The van der Waals surface area contributed by atoms with Crippen molar-refractivity contribution in [3.8, 4) is 11.5 Å². The number of methoxy groups -OCH3 is 2. The summed E-state index contributed by atoms with van der Waals surface area (Å²) in [5, 5.41) is 3.47. The number of aliphatic imine (C=N–C) groups is 1. The molecular weight excluding hydrogens is 404 g/mol. The van der Waals surface area contributed by atoms with E-state index >= 15 is 0 Å². The molecule has 1 aliphatic rings. The summed E-state index contributed by atoms with van der Waals surface area (Å²) in [6, 6.07) is 5.76. The Morgan fingerprint density at radius 3 is 2.41 bits per heavy atom. The van der Waals surface area contributed by atoms with Crippen molar-refractivity contribution in [2.24, 2.45) is 22.4 Å². The Kier molecular flexibility index (Phi) is 12.9. The first kappa shape index (κ1) is 27.3. The molecule has 0 bridgehead atoms. The van der Waals surface area contributed by atoms with Gasteiger partial charge in [-0.3, -0.25) is 4.79 Å². The molecule has 1 amide bonds. The molecule has 1 unspecified atom stereocenters. The van der Waals surface area contributed by atoms with Gasteiger partial charge in [-0.05, 0) is 49.8 Å². The number of allylic oxidation sites excluding steroid dienone is 1. The fraction of sp³-hybridized carbons (Fsp3) is 0.600. The number of amides is 1. The molecule has 7 nitrogen and oxygen atoms in total. The number of nitrogens with zero attached hydrogens (tertiary/aromatic N) is 1. The molecule has 0 saturated heterocycles. The van der Waals surface area contributed by atoms with E-state index in [2.05, 4.69) is 30.7 Å². The fourth-order valence-corrected chi connectivity index (χ4v) is 3.73. The summed E-state index contributed by atoms with van der Waals surface area (Å²) in [7, 11) is 3.07. The van der Waals surface area contributed by atoms with Crippen LogP contribution in [0.3, 0.4) is 0 Å². The van der Waals surface area contributed by atoms with Crippen LogP contribution in [0.4, 0.5) is 0 Å². The van der Waals surface area contributed by atoms with Crippen LogP contribution in [-0.2, 0) is 11.2 Å². The third-order valence-electron chi connectivity index (χ3n) is 5.70. The average Bonchev–Trinajstić information content (AvgIpc) is 2.78. The van der Waals surface area contributed by atoms with Gasteiger partial charge >= 0.3 is 0 Å². The number of guanidine groups is 1. The summed E-state index contributed by atoms with van der Waals surface area (Å²) in [6.45, 7) is 8.56. The van der Waals surface area contributed by atoms with Crippen molar-refractivity contribution in [2.75, 3.05) is 14.2 Å². The number of benzene rings is 1. The van der Waals surface area contributed by atoms with Crippen molar-refractivity contribution in [1.82, 2.24) is 5.32 Å². The Labute approximate surface area is 193 Å². The van der Waals surface area contributed by atoms with Crippen LogP contribution >= 0.6 is 0 Å². The van der Waals surface area contributed by atoms with Gasteiger partial charge in [0.25, 0.3) is 5.91 Å².